The van der Waals surface area contributed by atoms with Crippen LogP contribution in [0.15, 0.2) is 65.7 Å². The molecular weight excluding hydrogens is 298 g/mol. The lowest BCUT2D eigenvalue weighted by atomic mass is 10.1. The van der Waals surface area contributed by atoms with Gasteiger partial charge in [-0.3, -0.25) is 4.98 Å². The molecule has 0 saturated heterocycles. The second-order valence-electron chi connectivity index (χ2n) is 4.90. The molecule has 4 nitrogen and oxygen atoms in total. The Morgan fingerprint density at radius 1 is 1.09 bits per heavy atom. The van der Waals surface area contributed by atoms with Crippen LogP contribution in [0.25, 0.3) is 10.9 Å². The molecule has 2 aromatic carbocycles. The Balaban J connectivity index is 1.87. The van der Waals surface area contributed by atoms with Gasteiger partial charge in [0.1, 0.15) is 11.9 Å². The number of rotatable bonds is 4. The van der Waals surface area contributed by atoms with Crippen molar-refractivity contribution in [2.45, 2.75) is 17.9 Å². The van der Waals surface area contributed by atoms with E-state index < -0.39 is 11.1 Å². The highest BCUT2D eigenvalue weighted by atomic mass is 32.2. The van der Waals surface area contributed by atoms with Gasteiger partial charge in [-0.15, -0.1) is 0 Å². The van der Waals surface area contributed by atoms with E-state index in [0.29, 0.717) is 10.6 Å². The van der Waals surface area contributed by atoms with Crippen LogP contribution in [0.2, 0.25) is 0 Å². The van der Waals surface area contributed by atoms with E-state index in [0.717, 1.165) is 16.5 Å². The lowest BCUT2D eigenvalue weighted by Crippen LogP contribution is -2.04. The lowest BCUT2D eigenvalue weighted by Gasteiger charge is -2.17. The third kappa shape index (κ3) is 3.00. The topological polar surface area (TPSA) is 59.4 Å². The second-order valence-corrected chi connectivity index (χ2v) is 5.87. The summed E-state index contributed by atoms with van der Waals surface area (Å²) in [5, 5.41) is 1.06. The molecular formula is C17H15NO3S. The molecule has 3 rings (SSSR count). The van der Waals surface area contributed by atoms with Gasteiger partial charge in [0.2, 0.25) is 0 Å². The molecule has 0 amide bonds. The Bertz CT molecular complexity index is 812. The Hall–Kier alpha value is -2.24. The van der Waals surface area contributed by atoms with Crippen LogP contribution in [0.3, 0.4) is 0 Å². The zero-order chi connectivity index (χ0) is 15.5. The SMILES string of the molecule is CC(Oc1ccc(S(=O)O)cc1)c1ccnc2ccccc12. The Labute approximate surface area is 131 Å². The monoisotopic (exact) mass is 313 g/mol. The minimum atomic E-state index is -1.97. The Kier molecular flexibility index (Phi) is 4.18. The smallest absolute Gasteiger partial charge is 0.186 e. The number of para-hydroxylation sites is 1. The van der Waals surface area contributed by atoms with Gasteiger partial charge in [-0.05, 0) is 43.3 Å². The van der Waals surface area contributed by atoms with E-state index in [2.05, 4.69) is 4.98 Å². The summed E-state index contributed by atoms with van der Waals surface area (Å²) in [6, 6.07) is 16.4. The molecule has 3 aromatic rings. The highest BCUT2D eigenvalue weighted by Gasteiger charge is 2.11. The summed E-state index contributed by atoms with van der Waals surface area (Å²) in [6.45, 7) is 1.97. The van der Waals surface area contributed by atoms with Crippen molar-refractivity contribution in [3.05, 3.63) is 66.4 Å². The van der Waals surface area contributed by atoms with Gasteiger partial charge in [0.25, 0.3) is 0 Å². The molecule has 0 aliphatic heterocycles. The van der Waals surface area contributed by atoms with Gasteiger partial charge < -0.3 is 9.29 Å². The molecule has 1 N–H and O–H groups in total. The maximum Gasteiger partial charge on any atom is 0.186 e. The third-order valence-electron chi connectivity index (χ3n) is 3.46. The van der Waals surface area contributed by atoms with Crippen LogP contribution >= 0.6 is 0 Å². The number of fused-ring (bicyclic) bond motifs is 1. The van der Waals surface area contributed by atoms with Crippen molar-refractivity contribution in [3.8, 4) is 5.75 Å². The van der Waals surface area contributed by atoms with Crippen molar-refractivity contribution in [3.63, 3.8) is 0 Å². The predicted octanol–water partition coefficient (Wildman–Crippen LogP) is 3.96. The molecule has 0 bridgehead atoms. The Morgan fingerprint density at radius 3 is 2.55 bits per heavy atom. The van der Waals surface area contributed by atoms with Crippen LogP contribution in [0.4, 0.5) is 0 Å². The largest absolute Gasteiger partial charge is 0.486 e. The molecule has 22 heavy (non-hydrogen) atoms. The standard InChI is InChI=1S/C17H15NO3S/c1-12(21-13-6-8-14(9-7-13)22(19)20)15-10-11-18-17-5-3-2-4-16(15)17/h2-12H,1H3,(H,19,20). The van der Waals surface area contributed by atoms with Crippen LogP contribution < -0.4 is 4.74 Å². The first-order chi connectivity index (χ1) is 10.6. The number of hydrogen-bond donors (Lipinski definition) is 1. The fourth-order valence-electron chi connectivity index (χ4n) is 2.37. The number of hydrogen-bond acceptors (Lipinski definition) is 3. The molecule has 0 aliphatic rings. The minimum absolute atomic E-state index is 0.154. The normalized spacial score (nSPS) is 13.7. The van der Waals surface area contributed by atoms with Gasteiger partial charge in [-0.2, -0.15) is 0 Å². The third-order valence-corrected chi connectivity index (χ3v) is 4.13. The predicted molar refractivity (Wildman–Crippen MR) is 86.3 cm³/mol. The van der Waals surface area contributed by atoms with Crippen molar-refractivity contribution < 1.29 is 13.5 Å². The summed E-state index contributed by atoms with van der Waals surface area (Å²) in [5.74, 6) is 0.655. The van der Waals surface area contributed by atoms with Crippen molar-refractivity contribution in [2.75, 3.05) is 0 Å². The van der Waals surface area contributed by atoms with Crippen LogP contribution in [0.5, 0.6) is 5.75 Å². The van der Waals surface area contributed by atoms with Crippen LogP contribution in [-0.4, -0.2) is 13.7 Å². The number of nitrogens with zero attached hydrogens (tertiary/aromatic N) is 1. The fraction of sp³-hybridized carbons (Fsp3) is 0.118. The summed E-state index contributed by atoms with van der Waals surface area (Å²) in [5.41, 5.74) is 1.99. The van der Waals surface area contributed by atoms with E-state index in [-0.39, 0.29) is 6.10 Å². The first kappa shape index (κ1) is 14.7. The average Bonchev–Trinajstić information content (AvgIpc) is 2.54. The first-order valence-electron chi connectivity index (χ1n) is 6.86. The minimum Gasteiger partial charge on any atom is -0.486 e. The maximum atomic E-state index is 11.0. The van der Waals surface area contributed by atoms with Gasteiger partial charge >= 0.3 is 0 Å². The summed E-state index contributed by atoms with van der Waals surface area (Å²) >= 11 is -1.97. The molecule has 1 heterocycles. The Morgan fingerprint density at radius 2 is 1.82 bits per heavy atom. The van der Waals surface area contributed by atoms with E-state index in [1.54, 1.807) is 30.5 Å². The van der Waals surface area contributed by atoms with Crippen molar-refractivity contribution in [1.29, 1.82) is 0 Å². The second kappa shape index (κ2) is 6.25. The average molecular weight is 313 g/mol. The van der Waals surface area contributed by atoms with Crippen LogP contribution in [-0.2, 0) is 11.1 Å². The zero-order valence-corrected chi connectivity index (χ0v) is 12.8. The van der Waals surface area contributed by atoms with E-state index in [1.807, 2.05) is 37.3 Å². The molecule has 2 unspecified atom stereocenters. The van der Waals surface area contributed by atoms with E-state index >= 15 is 0 Å². The quantitative estimate of drug-likeness (QED) is 0.741. The maximum absolute atomic E-state index is 11.0. The van der Waals surface area contributed by atoms with Gasteiger partial charge in [-0.1, -0.05) is 18.2 Å². The molecule has 1 aromatic heterocycles. The van der Waals surface area contributed by atoms with E-state index in [4.69, 9.17) is 9.29 Å². The molecule has 2 atom stereocenters. The molecule has 0 fully saturated rings. The summed E-state index contributed by atoms with van der Waals surface area (Å²) < 4.78 is 25.9. The number of ether oxygens (including phenoxy) is 1. The van der Waals surface area contributed by atoms with E-state index in [9.17, 15) is 4.21 Å². The van der Waals surface area contributed by atoms with Crippen molar-refractivity contribution in [2.24, 2.45) is 0 Å². The first-order valence-corrected chi connectivity index (χ1v) is 7.97. The highest BCUT2D eigenvalue weighted by molar-refractivity contribution is 7.79. The van der Waals surface area contributed by atoms with Gasteiger partial charge in [0, 0.05) is 17.1 Å². The molecule has 0 aliphatic carbocycles. The number of aromatic nitrogens is 1. The highest BCUT2D eigenvalue weighted by Crippen LogP contribution is 2.27. The van der Waals surface area contributed by atoms with Crippen molar-refractivity contribution >= 4 is 22.0 Å². The number of pyridine rings is 1. The zero-order valence-electron chi connectivity index (χ0n) is 12.0. The van der Waals surface area contributed by atoms with Crippen molar-refractivity contribution in [1.82, 2.24) is 4.98 Å². The summed E-state index contributed by atoms with van der Waals surface area (Å²) in [6.07, 6.45) is 1.62. The van der Waals surface area contributed by atoms with Gasteiger partial charge in [0.05, 0.1) is 10.4 Å². The van der Waals surface area contributed by atoms with Crippen LogP contribution in [0, 0.1) is 0 Å². The van der Waals surface area contributed by atoms with Gasteiger partial charge in [-0.25, -0.2) is 4.21 Å². The number of benzene rings is 2. The molecule has 0 radical (unpaired) electrons. The molecule has 0 spiro atoms. The van der Waals surface area contributed by atoms with Crippen LogP contribution in [0.1, 0.15) is 18.6 Å². The van der Waals surface area contributed by atoms with Gasteiger partial charge in [0.15, 0.2) is 11.1 Å². The summed E-state index contributed by atoms with van der Waals surface area (Å²) in [7, 11) is 0. The van der Waals surface area contributed by atoms with E-state index in [1.165, 1.54) is 0 Å². The fourth-order valence-corrected chi connectivity index (χ4v) is 2.74. The summed E-state index contributed by atoms with van der Waals surface area (Å²) in [4.78, 5) is 4.70. The molecule has 0 saturated carbocycles. The lowest BCUT2D eigenvalue weighted by molar-refractivity contribution is 0.228. The molecule has 5 heteroatoms. The molecule has 112 valence electrons.